The number of aromatic nitrogens is 2. The number of rotatable bonds is 3. The van der Waals surface area contributed by atoms with Crippen LogP contribution < -0.4 is 5.73 Å². The molecule has 0 aliphatic heterocycles. The summed E-state index contributed by atoms with van der Waals surface area (Å²) in [6, 6.07) is 3.96. The summed E-state index contributed by atoms with van der Waals surface area (Å²) in [7, 11) is 1.86. The minimum Gasteiger partial charge on any atom is -0.459 e. The van der Waals surface area contributed by atoms with Gasteiger partial charge in [0.2, 0.25) is 0 Å². The van der Waals surface area contributed by atoms with Gasteiger partial charge in [-0.15, -0.1) is 0 Å². The maximum absolute atomic E-state index is 6.04. The van der Waals surface area contributed by atoms with Gasteiger partial charge in [0.15, 0.2) is 5.76 Å². The maximum Gasteiger partial charge on any atom is 0.154 e. The van der Waals surface area contributed by atoms with Crippen molar-refractivity contribution in [1.82, 2.24) is 9.78 Å². The van der Waals surface area contributed by atoms with Crippen LogP contribution in [-0.4, -0.2) is 9.78 Å². The number of aryl methyl sites for hydroxylation is 2. The molecule has 0 unspecified atom stereocenters. The molecule has 0 amide bonds. The molecule has 0 bridgehead atoms. The Morgan fingerprint density at radius 1 is 1.41 bits per heavy atom. The van der Waals surface area contributed by atoms with Gasteiger partial charge in [-0.25, -0.2) is 0 Å². The van der Waals surface area contributed by atoms with Gasteiger partial charge >= 0.3 is 0 Å². The first-order chi connectivity index (χ1) is 8.04. The molecule has 0 aliphatic carbocycles. The largest absolute Gasteiger partial charge is 0.459 e. The second kappa shape index (κ2) is 4.28. The Kier molecular flexibility index (Phi) is 2.96. The van der Waals surface area contributed by atoms with Gasteiger partial charge in [-0.1, -0.05) is 20.8 Å². The van der Waals surface area contributed by atoms with Gasteiger partial charge in [-0.05, 0) is 18.1 Å². The highest BCUT2D eigenvalue weighted by Gasteiger charge is 2.20. The summed E-state index contributed by atoms with van der Waals surface area (Å²) in [4.78, 5) is 0. The van der Waals surface area contributed by atoms with Crippen molar-refractivity contribution in [1.29, 1.82) is 0 Å². The summed E-state index contributed by atoms with van der Waals surface area (Å²) in [5.41, 5.74) is 7.96. The van der Waals surface area contributed by atoms with Gasteiger partial charge in [-0.3, -0.25) is 4.68 Å². The molecule has 0 spiro atoms. The molecular weight excluding hydrogens is 214 g/mol. The Labute approximate surface area is 101 Å². The Balaban J connectivity index is 2.54. The molecule has 0 fully saturated rings. The summed E-state index contributed by atoms with van der Waals surface area (Å²) in [5, 5.41) is 4.45. The van der Waals surface area contributed by atoms with E-state index in [1.165, 1.54) is 0 Å². The Hall–Kier alpha value is -1.71. The Morgan fingerprint density at radius 3 is 2.65 bits per heavy atom. The quantitative estimate of drug-likeness (QED) is 0.886. The summed E-state index contributed by atoms with van der Waals surface area (Å²) in [5.74, 6) is 2.81. The first-order valence-electron chi connectivity index (χ1n) is 5.96. The minimum absolute atomic E-state index is 0.328. The molecule has 0 atom stereocenters. The highest BCUT2D eigenvalue weighted by molar-refractivity contribution is 5.65. The van der Waals surface area contributed by atoms with Crippen LogP contribution in [0.4, 0.5) is 5.82 Å². The molecular formula is C13H19N3O. The van der Waals surface area contributed by atoms with Gasteiger partial charge in [0.05, 0.1) is 0 Å². The molecule has 92 valence electrons. The lowest BCUT2D eigenvalue weighted by Gasteiger charge is -2.05. The van der Waals surface area contributed by atoms with Gasteiger partial charge in [0, 0.05) is 19.0 Å². The molecule has 4 heteroatoms. The summed E-state index contributed by atoms with van der Waals surface area (Å²) in [6.45, 7) is 6.29. The van der Waals surface area contributed by atoms with Crippen LogP contribution in [0.1, 0.15) is 38.0 Å². The molecule has 2 aromatic rings. The molecule has 17 heavy (non-hydrogen) atoms. The van der Waals surface area contributed by atoms with Crippen molar-refractivity contribution in [3.63, 3.8) is 0 Å². The molecule has 4 nitrogen and oxygen atoms in total. The van der Waals surface area contributed by atoms with Crippen LogP contribution in [0.25, 0.3) is 11.5 Å². The fourth-order valence-electron chi connectivity index (χ4n) is 2.00. The van der Waals surface area contributed by atoms with E-state index >= 15 is 0 Å². The van der Waals surface area contributed by atoms with E-state index in [2.05, 4.69) is 25.9 Å². The van der Waals surface area contributed by atoms with Crippen molar-refractivity contribution in [3.05, 3.63) is 23.5 Å². The van der Waals surface area contributed by atoms with E-state index in [0.29, 0.717) is 11.7 Å². The van der Waals surface area contributed by atoms with Crippen molar-refractivity contribution >= 4 is 5.82 Å². The zero-order valence-electron chi connectivity index (χ0n) is 10.8. The van der Waals surface area contributed by atoms with Gasteiger partial charge in [-0.2, -0.15) is 5.10 Å². The number of hydrogen-bond acceptors (Lipinski definition) is 3. The molecule has 2 aromatic heterocycles. The van der Waals surface area contributed by atoms with Crippen LogP contribution >= 0.6 is 0 Å². The zero-order valence-corrected chi connectivity index (χ0v) is 10.8. The second-order valence-corrected chi connectivity index (χ2v) is 4.55. The van der Waals surface area contributed by atoms with Crippen LogP contribution in [0, 0.1) is 0 Å². The van der Waals surface area contributed by atoms with E-state index in [4.69, 9.17) is 10.2 Å². The first-order valence-corrected chi connectivity index (χ1v) is 5.96. The van der Waals surface area contributed by atoms with Crippen LogP contribution in [0.3, 0.4) is 0 Å². The number of hydrogen-bond donors (Lipinski definition) is 1. The minimum atomic E-state index is 0.328. The number of nitrogens with two attached hydrogens (primary N) is 1. The van der Waals surface area contributed by atoms with E-state index < -0.39 is 0 Å². The summed E-state index contributed by atoms with van der Waals surface area (Å²) < 4.78 is 7.45. The van der Waals surface area contributed by atoms with E-state index in [1.54, 1.807) is 4.68 Å². The third kappa shape index (κ3) is 1.95. The summed E-state index contributed by atoms with van der Waals surface area (Å²) in [6.07, 6.45) is 0.888. The van der Waals surface area contributed by atoms with Crippen molar-refractivity contribution in [3.8, 4) is 11.5 Å². The van der Waals surface area contributed by atoms with Gasteiger partial charge < -0.3 is 10.2 Å². The highest BCUT2D eigenvalue weighted by atomic mass is 16.3. The zero-order chi connectivity index (χ0) is 12.6. The van der Waals surface area contributed by atoms with E-state index in [9.17, 15) is 0 Å². The lowest BCUT2D eigenvalue weighted by Crippen LogP contribution is -2.00. The molecule has 2 rings (SSSR count). The predicted molar refractivity (Wildman–Crippen MR) is 68.8 cm³/mol. The molecule has 0 aliphatic rings. The lowest BCUT2D eigenvalue weighted by atomic mass is 10.0. The number of nitrogens with zero attached hydrogens (tertiary/aromatic N) is 2. The molecule has 2 heterocycles. The fourth-order valence-corrected chi connectivity index (χ4v) is 2.00. The van der Waals surface area contributed by atoms with Crippen molar-refractivity contribution in [2.24, 2.45) is 7.05 Å². The molecule has 0 saturated carbocycles. The van der Waals surface area contributed by atoms with Crippen LogP contribution in [0.15, 0.2) is 16.5 Å². The maximum atomic E-state index is 6.04. The highest BCUT2D eigenvalue weighted by Crippen LogP contribution is 2.33. The van der Waals surface area contributed by atoms with E-state index in [1.807, 2.05) is 19.2 Å². The number of nitrogen functional groups attached to an aromatic ring is 1. The molecule has 0 radical (unpaired) electrons. The standard InChI is InChI=1S/C13H19N3O/c1-5-9-6-7-10(17-9)12-11(8(2)3)13(14)16(4)15-12/h6-8H,5,14H2,1-4H3. The van der Waals surface area contributed by atoms with E-state index in [-0.39, 0.29) is 0 Å². The SMILES string of the molecule is CCc1ccc(-c2nn(C)c(N)c2C(C)C)o1. The number of anilines is 1. The smallest absolute Gasteiger partial charge is 0.154 e. The molecule has 0 saturated heterocycles. The van der Waals surface area contributed by atoms with Crippen molar-refractivity contribution in [2.75, 3.05) is 5.73 Å². The van der Waals surface area contributed by atoms with Crippen molar-refractivity contribution < 1.29 is 4.42 Å². The average molecular weight is 233 g/mol. The number of furan rings is 1. The van der Waals surface area contributed by atoms with Crippen LogP contribution in [-0.2, 0) is 13.5 Å². The molecule has 2 N–H and O–H groups in total. The third-order valence-corrected chi connectivity index (χ3v) is 2.95. The topological polar surface area (TPSA) is 57.0 Å². The lowest BCUT2D eigenvalue weighted by molar-refractivity contribution is 0.525. The van der Waals surface area contributed by atoms with Gasteiger partial charge in [0.25, 0.3) is 0 Å². The third-order valence-electron chi connectivity index (χ3n) is 2.95. The second-order valence-electron chi connectivity index (χ2n) is 4.55. The normalized spacial score (nSPS) is 11.4. The Bertz CT molecular complexity index is 523. The Morgan fingerprint density at radius 2 is 2.12 bits per heavy atom. The summed E-state index contributed by atoms with van der Waals surface area (Å²) >= 11 is 0. The van der Waals surface area contributed by atoms with Crippen molar-refractivity contribution in [2.45, 2.75) is 33.1 Å². The predicted octanol–water partition coefficient (Wildman–Crippen LogP) is 2.95. The van der Waals surface area contributed by atoms with Crippen LogP contribution in [0.2, 0.25) is 0 Å². The average Bonchev–Trinajstić information content (AvgIpc) is 2.84. The monoisotopic (exact) mass is 233 g/mol. The van der Waals surface area contributed by atoms with Gasteiger partial charge in [0.1, 0.15) is 17.3 Å². The van der Waals surface area contributed by atoms with Crippen LogP contribution in [0.5, 0.6) is 0 Å². The first kappa shape index (κ1) is 11.8. The molecule has 0 aromatic carbocycles. The fraction of sp³-hybridized carbons (Fsp3) is 0.462. The van der Waals surface area contributed by atoms with E-state index in [0.717, 1.165) is 29.2 Å².